The number of carbonyl (C=O) groups is 1. The van der Waals surface area contributed by atoms with Crippen molar-refractivity contribution in [3.63, 3.8) is 0 Å². The van der Waals surface area contributed by atoms with E-state index in [1.807, 2.05) is 59.1 Å². The van der Waals surface area contributed by atoms with Crippen LogP contribution in [0.2, 0.25) is 0 Å². The van der Waals surface area contributed by atoms with Gasteiger partial charge in [-0.25, -0.2) is 4.98 Å². The van der Waals surface area contributed by atoms with E-state index in [0.717, 1.165) is 23.6 Å². The van der Waals surface area contributed by atoms with E-state index in [1.54, 1.807) is 6.07 Å². The third-order valence-corrected chi connectivity index (χ3v) is 4.10. The number of anilines is 1. The van der Waals surface area contributed by atoms with Gasteiger partial charge in [-0.3, -0.25) is 4.79 Å². The minimum Gasteiger partial charge on any atom is -0.335 e. The van der Waals surface area contributed by atoms with Crippen LogP contribution in [0, 0.1) is 6.92 Å². The van der Waals surface area contributed by atoms with Crippen LogP contribution < -0.4 is 5.32 Å². The number of aromatic nitrogens is 2. The van der Waals surface area contributed by atoms with Crippen molar-refractivity contribution < 1.29 is 9.32 Å². The highest BCUT2D eigenvalue weighted by Crippen LogP contribution is 2.28. The summed E-state index contributed by atoms with van der Waals surface area (Å²) < 4.78 is 5.34. The normalized spacial score (nSPS) is 11.5. The Morgan fingerprint density at radius 1 is 1.23 bits per heavy atom. The van der Waals surface area contributed by atoms with Gasteiger partial charge in [0.15, 0.2) is 0 Å². The van der Waals surface area contributed by atoms with Crippen LogP contribution in [0.5, 0.6) is 0 Å². The molecule has 1 N–H and O–H groups in total. The highest BCUT2D eigenvalue weighted by Gasteiger charge is 2.21. The fourth-order valence-electron chi connectivity index (χ4n) is 2.93. The molecule has 0 aliphatic carbocycles. The molecule has 1 amide bonds. The van der Waals surface area contributed by atoms with Gasteiger partial charge in [-0.15, -0.1) is 0 Å². The van der Waals surface area contributed by atoms with E-state index in [9.17, 15) is 4.79 Å². The van der Waals surface area contributed by atoms with Crippen LogP contribution in [0.1, 0.15) is 47.1 Å². The van der Waals surface area contributed by atoms with Crippen molar-refractivity contribution in [2.75, 3.05) is 19.4 Å². The quantitative estimate of drug-likeness (QED) is 0.752. The zero-order chi connectivity index (χ0) is 18.8. The highest BCUT2D eigenvalue weighted by atomic mass is 16.5. The van der Waals surface area contributed by atoms with Crippen molar-refractivity contribution >= 4 is 22.7 Å². The first kappa shape index (κ1) is 18.1. The number of nitrogens with zero attached hydrogens (tertiary/aromatic N) is 3. The van der Waals surface area contributed by atoms with E-state index in [2.05, 4.69) is 20.4 Å². The fourth-order valence-corrected chi connectivity index (χ4v) is 2.93. The molecule has 0 unspecified atom stereocenters. The van der Waals surface area contributed by atoms with Crippen molar-refractivity contribution in [1.29, 1.82) is 0 Å². The molecule has 1 aromatic carbocycles. The van der Waals surface area contributed by atoms with Gasteiger partial charge in [-0.05, 0) is 50.7 Å². The third-order valence-electron chi connectivity index (χ3n) is 4.10. The van der Waals surface area contributed by atoms with Crippen molar-refractivity contribution in [2.24, 2.45) is 0 Å². The number of carbonyl (C=O) groups excluding carboxylic acids is 1. The summed E-state index contributed by atoms with van der Waals surface area (Å²) in [6.45, 7) is 6.73. The molecule has 136 valence electrons. The molecule has 3 rings (SSSR count). The Labute approximate surface area is 153 Å². The number of hydrogen-bond acceptors (Lipinski definition) is 5. The van der Waals surface area contributed by atoms with Gasteiger partial charge < -0.3 is 14.7 Å². The molecular formula is C20H24N4O2. The van der Waals surface area contributed by atoms with Crippen molar-refractivity contribution in [1.82, 2.24) is 15.0 Å². The van der Waals surface area contributed by atoms with Crippen molar-refractivity contribution in [3.8, 4) is 0 Å². The first-order valence-corrected chi connectivity index (χ1v) is 8.67. The molecule has 0 aliphatic rings. The molecule has 6 nitrogen and oxygen atoms in total. The molecule has 0 bridgehead atoms. The number of rotatable bonds is 5. The molecule has 2 heterocycles. The second kappa shape index (κ2) is 7.25. The summed E-state index contributed by atoms with van der Waals surface area (Å²) in [5.74, 6) is -0.0522. The van der Waals surface area contributed by atoms with E-state index in [0.29, 0.717) is 16.7 Å². The van der Waals surface area contributed by atoms with Crippen molar-refractivity contribution in [2.45, 2.75) is 33.2 Å². The Hall–Kier alpha value is -2.73. The molecule has 6 heteroatoms. The monoisotopic (exact) mass is 352 g/mol. The number of fused-ring (bicyclic) bond motifs is 1. The summed E-state index contributed by atoms with van der Waals surface area (Å²) in [5, 5.41) is 7.75. The summed E-state index contributed by atoms with van der Waals surface area (Å²) in [4.78, 5) is 19.4. The van der Waals surface area contributed by atoms with Crippen LogP contribution in [-0.4, -0.2) is 35.0 Å². The van der Waals surface area contributed by atoms with Gasteiger partial charge in [0.05, 0.1) is 16.6 Å². The van der Waals surface area contributed by atoms with E-state index in [-0.39, 0.29) is 11.8 Å². The number of hydrogen-bond donors (Lipinski definition) is 1. The van der Waals surface area contributed by atoms with Gasteiger partial charge in [-0.1, -0.05) is 31.1 Å². The average Bonchev–Trinajstić information content (AvgIpc) is 2.99. The maximum Gasteiger partial charge on any atom is 0.259 e. The van der Waals surface area contributed by atoms with Crippen molar-refractivity contribution in [3.05, 3.63) is 52.8 Å². The van der Waals surface area contributed by atoms with Gasteiger partial charge in [0.25, 0.3) is 11.6 Å². The lowest BCUT2D eigenvalue weighted by atomic mass is 10.0. The Balaban J connectivity index is 1.91. The number of benzene rings is 1. The molecule has 0 saturated heterocycles. The lowest BCUT2D eigenvalue weighted by molar-refractivity contribution is 0.102. The Morgan fingerprint density at radius 3 is 2.54 bits per heavy atom. The molecule has 26 heavy (non-hydrogen) atoms. The number of aryl methyl sites for hydroxylation is 1. The maximum atomic E-state index is 12.9. The second-order valence-corrected chi connectivity index (χ2v) is 7.10. The largest absolute Gasteiger partial charge is 0.335 e. The lowest BCUT2D eigenvalue weighted by Crippen LogP contribution is -2.14. The topological polar surface area (TPSA) is 71.3 Å². The van der Waals surface area contributed by atoms with Gasteiger partial charge in [0.1, 0.15) is 0 Å². The Morgan fingerprint density at radius 2 is 1.92 bits per heavy atom. The van der Waals surface area contributed by atoms with Gasteiger partial charge >= 0.3 is 0 Å². The van der Waals surface area contributed by atoms with Gasteiger partial charge in [0.2, 0.25) is 0 Å². The number of nitrogens with one attached hydrogen (secondary N) is 1. The molecule has 3 aromatic rings. The molecule has 0 spiro atoms. The summed E-state index contributed by atoms with van der Waals surface area (Å²) in [6.07, 6.45) is 0. The minimum atomic E-state index is -0.189. The molecule has 0 atom stereocenters. The summed E-state index contributed by atoms with van der Waals surface area (Å²) >= 11 is 0. The predicted octanol–water partition coefficient (Wildman–Crippen LogP) is 3.97. The van der Waals surface area contributed by atoms with Gasteiger partial charge in [0, 0.05) is 17.9 Å². The minimum absolute atomic E-state index is 0.137. The Kier molecular flexibility index (Phi) is 5.04. The molecule has 0 fully saturated rings. The van der Waals surface area contributed by atoms with E-state index < -0.39 is 0 Å². The number of amides is 1. The summed E-state index contributed by atoms with van der Waals surface area (Å²) in [7, 11) is 4.05. The highest BCUT2D eigenvalue weighted by molar-refractivity contribution is 6.12. The van der Waals surface area contributed by atoms with Gasteiger partial charge in [-0.2, -0.15) is 0 Å². The van der Waals surface area contributed by atoms with Crippen LogP contribution in [0.3, 0.4) is 0 Å². The van der Waals surface area contributed by atoms with E-state index in [1.165, 1.54) is 5.56 Å². The predicted molar refractivity (Wildman–Crippen MR) is 102 cm³/mol. The van der Waals surface area contributed by atoms with E-state index >= 15 is 0 Å². The molecule has 2 aromatic heterocycles. The number of pyridine rings is 1. The summed E-state index contributed by atoms with van der Waals surface area (Å²) in [6, 6.07) is 9.64. The zero-order valence-corrected chi connectivity index (χ0v) is 15.8. The van der Waals surface area contributed by atoms with Crippen LogP contribution in [-0.2, 0) is 6.54 Å². The molecule has 0 radical (unpaired) electrons. The van der Waals surface area contributed by atoms with Crippen LogP contribution in [0.25, 0.3) is 11.1 Å². The lowest BCUT2D eigenvalue weighted by Gasteiger charge is -2.11. The smallest absolute Gasteiger partial charge is 0.259 e. The Bertz CT molecular complexity index is 927. The molecule has 0 saturated carbocycles. The SMILES string of the molecule is Cc1cc(C(=O)Nc2ccc(CN(C)C)cc2)c2c(C(C)C)noc2n1. The third kappa shape index (κ3) is 3.75. The standard InChI is InChI=1S/C20H24N4O2/c1-12(2)18-17-16(10-13(3)21-20(17)26-23-18)19(25)22-15-8-6-14(7-9-15)11-24(4)5/h6-10,12H,11H2,1-5H3,(H,22,25). The average molecular weight is 352 g/mol. The maximum absolute atomic E-state index is 12.9. The second-order valence-electron chi connectivity index (χ2n) is 7.10. The van der Waals surface area contributed by atoms with Crippen LogP contribution in [0.4, 0.5) is 5.69 Å². The first-order valence-electron chi connectivity index (χ1n) is 8.67. The fraction of sp³-hybridized carbons (Fsp3) is 0.350. The first-order chi connectivity index (χ1) is 12.3. The zero-order valence-electron chi connectivity index (χ0n) is 15.8. The molecular weight excluding hydrogens is 328 g/mol. The van der Waals surface area contributed by atoms with Crippen LogP contribution in [0.15, 0.2) is 34.9 Å². The van der Waals surface area contributed by atoms with E-state index in [4.69, 9.17) is 4.52 Å². The molecule has 0 aliphatic heterocycles. The van der Waals surface area contributed by atoms with Crippen LogP contribution >= 0.6 is 0 Å². The summed E-state index contributed by atoms with van der Waals surface area (Å²) in [5.41, 5.74) is 4.35.